The number of hydrogen-bond acceptors (Lipinski definition) is 3. The van der Waals surface area contributed by atoms with E-state index in [4.69, 9.17) is 5.73 Å². The van der Waals surface area contributed by atoms with Crippen molar-refractivity contribution >= 4 is 41.6 Å². The summed E-state index contributed by atoms with van der Waals surface area (Å²) in [5.74, 6) is -0.0631. The third-order valence-corrected chi connectivity index (χ3v) is 5.32. The Morgan fingerprint density at radius 1 is 1.14 bits per heavy atom. The summed E-state index contributed by atoms with van der Waals surface area (Å²) in [5.41, 5.74) is 9.67. The fraction of sp³-hybridized carbons (Fsp3) is 0.318. The van der Waals surface area contributed by atoms with Gasteiger partial charge in [0, 0.05) is 42.8 Å². The first-order chi connectivity index (χ1) is 13.2. The molecule has 29 heavy (non-hydrogen) atoms. The first kappa shape index (κ1) is 23.2. The Morgan fingerprint density at radius 2 is 1.86 bits per heavy atom. The number of aromatic amines is 1. The maximum atomic E-state index is 12.6. The monoisotopic (exact) mass is 434 g/mol. The molecule has 0 bridgehead atoms. The molecule has 0 saturated carbocycles. The zero-order chi connectivity index (χ0) is 18.6. The lowest BCUT2D eigenvalue weighted by Crippen LogP contribution is -2.47. The Labute approximate surface area is 183 Å². The number of hydrogen-bond donors (Lipinski definition) is 3. The summed E-state index contributed by atoms with van der Waals surface area (Å²) in [5, 5.41) is 4.27. The molecule has 4 N–H and O–H groups in total. The fourth-order valence-corrected chi connectivity index (χ4v) is 3.87. The lowest BCUT2D eigenvalue weighted by Gasteiger charge is -2.18. The fourth-order valence-electron chi connectivity index (χ4n) is 3.87. The van der Waals surface area contributed by atoms with Gasteiger partial charge < -0.3 is 16.0 Å². The number of carbonyl (C=O) groups is 1. The molecule has 1 fully saturated rings. The number of benzene rings is 2. The minimum absolute atomic E-state index is 0. The molecule has 2 heterocycles. The van der Waals surface area contributed by atoms with Crippen LogP contribution in [-0.2, 0) is 17.8 Å². The maximum absolute atomic E-state index is 12.6. The predicted molar refractivity (Wildman–Crippen MR) is 123 cm³/mol. The molecule has 1 aliphatic heterocycles. The maximum Gasteiger partial charge on any atom is 0.237 e. The lowest BCUT2D eigenvalue weighted by atomic mass is 10.0. The summed E-state index contributed by atoms with van der Waals surface area (Å²) in [6.45, 7) is 2.80. The molecule has 4 rings (SSSR count). The topological polar surface area (TPSA) is 74.1 Å². The van der Waals surface area contributed by atoms with E-state index in [1.807, 2.05) is 30.5 Å². The second-order valence-corrected chi connectivity index (χ2v) is 7.39. The van der Waals surface area contributed by atoms with Crippen LogP contribution < -0.4 is 11.1 Å². The summed E-state index contributed by atoms with van der Waals surface area (Å²) in [6.07, 6.45) is 3.46. The number of nitrogens with two attached hydrogens (primary N) is 1. The molecule has 1 saturated heterocycles. The number of aromatic nitrogens is 1. The standard InChI is InChI=1S/C22H26N4O.2ClH/c23-20(12-17-13-24-21-9-5-4-8-19(17)21)22(27)25-18-10-11-26(15-18)14-16-6-2-1-3-7-16;;/h1-9,13,18,20,24H,10-12,14-15,23H2,(H,25,27);2*1H/t18?,20-;;/m0../s1. The molecule has 1 unspecified atom stereocenters. The number of halogens is 2. The smallest absolute Gasteiger partial charge is 0.237 e. The average Bonchev–Trinajstić information content (AvgIpc) is 3.30. The number of carbonyl (C=O) groups excluding carboxylic acids is 1. The molecule has 1 amide bonds. The molecule has 7 heteroatoms. The van der Waals surface area contributed by atoms with Crippen molar-refractivity contribution in [2.24, 2.45) is 5.73 Å². The minimum Gasteiger partial charge on any atom is -0.361 e. The van der Waals surface area contributed by atoms with Crippen LogP contribution in [0.2, 0.25) is 0 Å². The van der Waals surface area contributed by atoms with Crippen LogP contribution >= 0.6 is 24.8 Å². The largest absolute Gasteiger partial charge is 0.361 e. The van der Waals surface area contributed by atoms with Gasteiger partial charge in [-0.05, 0) is 30.0 Å². The summed E-state index contributed by atoms with van der Waals surface area (Å²) < 4.78 is 0. The number of nitrogens with zero attached hydrogens (tertiary/aromatic N) is 1. The van der Waals surface area contributed by atoms with E-state index in [2.05, 4.69) is 45.5 Å². The highest BCUT2D eigenvalue weighted by Gasteiger charge is 2.26. The van der Waals surface area contributed by atoms with Crippen LogP contribution in [0.1, 0.15) is 17.5 Å². The van der Waals surface area contributed by atoms with E-state index in [9.17, 15) is 4.79 Å². The molecule has 1 aliphatic rings. The first-order valence-corrected chi connectivity index (χ1v) is 9.56. The summed E-state index contributed by atoms with van der Waals surface area (Å²) in [6, 6.07) is 18.2. The normalized spacial score (nSPS) is 17.3. The van der Waals surface area contributed by atoms with E-state index < -0.39 is 6.04 Å². The van der Waals surface area contributed by atoms with Crippen molar-refractivity contribution in [2.75, 3.05) is 13.1 Å². The molecule has 0 aliphatic carbocycles. The number of fused-ring (bicyclic) bond motifs is 1. The van der Waals surface area contributed by atoms with Crippen LogP contribution in [0.5, 0.6) is 0 Å². The Hall–Kier alpha value is -2.05. The van der Waals surface area contributed by atoms with E-state index in [-0.39, 0.29) is 36.8 Å². The zero-order valence-corrected chi connectivity index (χ0v) is 17.8. The third kappa shape index (κ3) is 5.73. The van der Waals surface area contributed by atoms with Gasteiger partial charge in [0.05, 0.1) is 6.04 Å². The van der Waals surface area contributed by atoms with Gasteiger partial charge in [0.2, 0.25) is 5.91 Å². The van der Waals surface area contributed by atoms with Crippen molar-refractivity contribution in [1.82, 2.24) is 15.2 Å². The van der Waals surface area contributed by atoms with Gasteiger partial charge in [-0.15, -0.1) is 24.8 Å². The predicted octanol–water partition coefficient (Wildman–Crippen LogP) is 3.27. The van der Waals surface area contributed by atoms with Crippen LogP contribution in [0.4, 0.5) is 0 Å². The van der Waals surface area contributed by atoms with Gasteiger partial charge in [-0.25, -0.2) is 0 Å². The highest BCUT2D eigenvalue weighted by molar-refractivity contribution is 5.86. The Kier molecular flexibility index (Phi) is 8.53. The van der Waals surface area contributed by atoms with Crippen molar-refractivity contribution < 1.29 is 4.79 Å². The molecule has 3 aromatic rings. The number of likely N-dealkylation sites (tertiary alicyclic amines) is 1. The highest BCUT2D eigenvalue weighted by Crippen LogP contribution is 2.19. The van der Waals surface area contributed by atoms with Gasteiger partial charge in [0.15, 0.2) is 0 Å². The second kappa shape index (κ2) is 10.6. The first-order valence-electron chi connectivity index (χ1n) is 9.56. The molecule has 2 atom stereocenters. The lowest BCUT2D eigenvalue weighted by molar-refractivity contribution is -0.122. The van der Waals surface area contributed by atoms with Gasteiger partial charge in [-0.2, -0.15) is 0 Å². The summed E-state index contributed by atoms with van der Waals surface area (Å²) in [7, 11) is 0. The van der Waals surface area contributed by atoms with E-state index in [1.54, 1.807) is 0 Å². The molecule has 1 aromatic heterocycles. The van der Waals surface area contributed by atoms with Crippen LogP contribution in [0, 0.1) is 0 Å². The minimum atomic E-state index is -0.535. The van der Waals surface area contributed by atoms with Crippen molar-refractivity contribution in [1.29, 1.82) is 0 Å². The molecule has 0 radical (unpaired) electrons. The molecular formula is C22H28Cl2N4O. The number of para-hydroxylation sites is 1. The third-order valence-electron chi connectivity index (χ3n) is 5.32. The van der Waals surface area contributed by atoms with Crippen molar-refractivity contribution in [3.8, 4) is 0 Å². The van der Waals surface area contributed by atoms with Gasteiger partial charge in [-0.3, -0.25) is 9.69 Å². The van der Waals surface area contributed by atoms with Gasteiger partial charge in [0.25, 0.3) is 0 Å². The Morgan fingerprint density at radius 3 is 2.66 bits per heavy atom. The summed E-state index contributed by atoms with van der Waals surface area (Å²) in [4.78, 5) is 18.2. The van der Waals surface area contributed by atoms with Crippen LogP contribution in [0.15, 0.2) is 60.8 Å². The highest BCUT2D eigenvalue weighted by atomic mass is 35.5. The SMILES string of the molecule is Cl.Cl.N[C@@H](Cc1c[nH]c2ccccc12)C(=O)NC1CCN(Cc2ccccc2)C1. The molecule has 2 aromatic carbocycles. The zero-order valence-electron chi connectivity index (χ0n) is 16.2. The van der Waals surface area contributed by atoms with Gasteiger partial charge >= 0.3 is 0 Å². The van der Waals surface area contributed by atoms with E-state index in [0.29, 0.717) is 6.42 Å². The van der Waals surface area contributed by atoms with Crippen molar-refractivity contribution in [2.45, 2.75) is 31.5 Å². The van der Waals surface area contributed by atoms with E-state index in [1.165, 1.54) is 5.56 Å². The number of H-pyrrole nitrogens is 1. The van der Waals surface area contributed by atoms with Crippen molar-refractivity contribution in [3.63, 3.8) is 0 Å². The summed E-state index contributed by atoms with van der Waals surface area (Å²) >= 11 is 0. The van der Waals surface area contributed by atoms with Gasteiger partial charge in [0.1, 0.15) is 0 Å². The molecule has 156 valence electrons. The second-order valence-electron chi connectivity index (χ2n) is 7.39. The molecule has 5 nitrogen and oxygen atoms in total. The van der Waals surface area contributed by atoms with Crippen molar-refractivity contribution in [3.05, 3.63) is 71.9 Å². The average molecular weight is 435 g/mol. The number of amides is 1. The van der Waals surface area contributed by atoms with Gasteiger partial charge in [-0.1, -0.05) is 48.5 Å². The quantitative estimate of drug-likeness (QED) is 0.557. The number of nitrogens with one attached hydrogen (secondary N) is 2. The van der Waals surface area contributed by atoms with E-state index in [0.717, 1.165) is 42.5 Å². The molecular weight excluding hydrogens is 407 g/mol. The Bertz CT molecular complexity index is 915. The van der Waals surface area contributed by atoms with Crippen LogP contribution in [0.25, 0.3) is 10.9 Å². The Balaban J connectivity index is 0.00000150. The van der Waals surface area contributed by atoms with Crippen LogP contribution in [0.3, 0.4) is 0 Å². The van der Waals surface area contributed by atoms with Crippen LogP contribution in [-0.4, -0.2) is 41.0 Å². The molecule has 0 spiro atoms. The number of rotatable bonds is 6. The van der Waals surface area contributed by atoms with E-state index >= 15 is 0 Å².